The van der Waals surface area contributed by atoms with E-state index >= 15 is 0 Å². The minimum absolute atomic E-state index is 0.129. The molecule has 0 aliphatic carbocycles. The maximum Gasteiger partial charge on any atom is 0.345 e. The Bertz CT molecular complexity index is 510. The highest BCUT2D eigenvalue weighted by Crippen LogP contribution is 2.41. The zero-order valence-corrected chi connectivity index (χ0v) is 13.5. The Morgan fingerprint density at radius 3 is 2.40 bits per heavy atom. The molecule has 0 N–H and O–H groups in total. The first kappa shape index (κ1) is 14.2. The van der Waals surface area contributed by atoms with E-state index in [2.05, 4.69) is 25.9 Å². The zero-order valence-electron chi connectivity index (χ0n) is 11.1. The second-order valence-corrected chi connectivity index (χ2v) is 7.08. The number of nitrogens with zero attached hydrogens (tertiary/aromatic N) is 4. The van der Waals surface area contributed by atoms with Crippen molar-refractivity contribution < 1.29 is 4.92 Å². The number of hydrogen-bond donors (Lipinski definition) is 0. The Morgan fingerprint density at radius 2 is 1.90 bits per heavy atom. The van der Waals surface area contributed by atoms with Gasteiger partial charge in [0.1, 0.15) is 0 Å². The number of hydrogen-bond acceptors (Lipinski definition) is 5. The third-order valence-electron chi connectivity index (χ3n) is 3.87. The van der Waals surface area contributed by atoms with Crippen molar-refractivity contribution in [2.45, 2.75) is 31.7 Å². The number of thioether (sulfide) groups is 1. The summed E-state index contributed by atoms with van der Waals surface area (Å²) in [5.74, 6) is 2.69. The van der Waals surface area contributed by atoms with Gasteiger partial charge in [-0.25, -0.2) is 4.68 Å². The molecule has 0 saturated carbocycles. The lowest BCUT2D eigenvalue weighted by atomic mass is 10.2. The summed E-state index contributed by atoms with van der Waals surface area (Å²) in [6.45, 7) is 1.78. The summed E-state index contributed by atoms with van der Waals surface area (Å²) in [5.41, 5.74) is 0.129. The first-order valence-corrected chi connectivity index (χ1v) is 8.88. The van der Waals surface area contributed by atoms with Crippen molar-refractivity contribution >= 4 is 39.2 Å². The Labute approximate surface area is 130 Å². The highest BCUT2D eigenvalue weighted by molar-refractivity contribution is 9.10. The average molecular weight is 361 g/mol. The van der Waals surface area contributed by atoms with Gasteiger partial charge in [0.2, 0.25) is 10.4 Å². The van der Waals surface area contributed by atoms with Crippen molar-refractivity contribution in [1.29, 1.82) is 0 Å². The quantitative estimate of drug-likeness (QED) is 0.611. The molecule has 2 aliphatic rings. The lowest BCUT2D eigenvalue weighted by Crippen LogP contribution is -2.32. The standard InChI is InChI=1S/C12H17BrN4O2S/c13-11-10(17(18)19)12(15-5-3-1-2-4-6-15)16(14-11)9-7-20-8-9/h9H,1-8H2. The van der Waals surface area contributed by atoms with Crippen LogP contribution in [0.3, 0.4) is 0 Å². The van der Waals surface area contributed by atoms with Crippen molar-refractivity contribution in [1.82, 2.24) is 9.78 Å². The second-order valence-electron chi connectivity index (χ2n) is 5.26. The van der Waals surface area contributed by atoms with E-state index in [-0.39, 0.29) is 10.6 Å². The number of anilines is 1. The summed E-state index contributed by atoms with van der Waals surface area (Å²) >= 11 is 5.13. The number of rotatable bonds is 3. The average Bonchev–Trinajstić information content (AvgIpc) is 2.54. The van der Waals surface area contributed by atoms with Crippen LogP contribution in [0.25, 0.3) is 0 Å². The molecule has 0 radical (unpaired) electrons. The fourth-order valence-corrected chi connectivity index (χ4v) is 3.97. The van der Waals surface area contributed by atoms with Crippen molar-refractivity contribution in [2.75, 3.05) is 29.5 Å². The molecule has 0 amide bonds. The topological polar surface area (TPSA) is 64.2 Å². The number of nitro groups is 1. The van der Waals surface area contributed by atoms with Gasteiger partial charge in [-0.3, -0.25) is 10.1 Å². The molecular formula is C12H17BrN4O2S. The molecule has 2 fully saturated rings. The predicted octanol–water partition coefficient (Wildman–Crippen LogP) is 3.22. The van der Waals surface area contributed by atoms with Crippen molar-refractivity contribution in [3.05, 3.63) is 14.7 Å². The molecule has 8 heteroatoms. The van der Waals surface area contributed by atoms with Gasteiger partial charge in [-0.2, -0.15) is 16.9 Å². The fourth-order valence-electron chi connectivity index (χ4n) is 2.74. The third kappa shape index (κ3) is 2.55. The van der Waals surface area contributed by atoms with E-state index in [1.54, 1.807) is 0 Å². The van der Waals surface area contributed by atoms with E-state index in [1.807, 2.05) is 16.4 Å². The van der Waals surface area contributed by atoms with Crippen molar-refractivity contribution in [2.24, 2.45) is 0 Å². The van der Waals surface area contributed by atoms with E-state index in [4.69, 9.17) is 0 Å². The maximum atomic E-state index is 11.4. The molecule has 0 bridgehead atoms. The molecule has 1 aromatic rings. The highest BCUT2D eigenvalue weighted by Gasteiger charge is 2.35. The molecule has 0 aromatic carbocycles. The number of aromatic nitrogens is 2. The van der Waals surface area contributed by atoms with Gasteiger partial charge in [0.05, 0.1) is 11.0 Å². The summed E-state index contributed by atoms with van der Waals surface area (Å²) in [7, 11) is 0. The molecule has 2 aliphatic heterocycles. The smallest absolute Gasteiger partial charge is 0.345 e. The summed E-state index contributed by atoms with van der Waals surface area (Å²) in [6.07, 6.45) is 4.61. The van der Waals surface area contributed by atoms with E-state index in [0.29, 0.717) is 16.5 Å². The molecular weight excluding hydrogens is 344 g/mol. The van der Waals surface area contributed by atoms with Gasteiger partial charge >= 0.3 is 5.69 Å². The Balaban J connectivity index is 2.02. The van der Waals surface area contributed by atoms with Crippen LogP contribution in [0.5, 0.6) is 0 Å². The largest absolute Gasteiger partial charge is 0.351 e. The van der Waals surface area contributed by atoms with Gasteiger partial charge in [-0.05, 0) is 28.8 Å². The van der Waals surface area contributed by atoms with E-state index in [0.717, 1.165) is 37.4 Å². The lowest BCUT2D eigenvalue weighted by molar-refractivity contribution is -0.385. The summed E-state index contributed by atoms with van der Waals surface area (Å²) in [4.78, 5) is 13.3. The van der Waals surface area contributed by atoms with Gasteiger partial charge in [-0.15, -0.1) is 0 Å². The molecule has 3 heterocycles. The van der Waals surface area contributed by atoms with Crippen LogP contribution in [-0.4, -0.2) is 39.3 Å². The molecule has 0 unspecified atom stereocenters. The summed E-state index contributed by atoms with van der Waals surface area (Å²) in [5, 5.41) is 15.8. The monoisotopic (exact) mass is 360 g/mol. The van der Waals surface area contributed by atoms with E-state index in [9.17, 15) is 10.1 Å². The molecule has 110 valence electrons. The van der Waals surface area contributed by atoms with Gasteiger partial charge < -0.3 is 4.90 Å². The van der Waals surface area contributed by atoms with E-state index in [1.165, 1.54) is 12.8 Å². The molecule has 0 spiro atoms. The van der Waals surface area contributed by atoms with Gasteiger partial charge in [0, 0.05) is 24.6 Å². The van der Waals surface area contributed by atoms with Crippen molar-refractivity contribution in [3.63, 3.8) is 0 Å². The lowest BCUT2D eigenvalue weighted by Gasteiger charge is -2.30. The first-order chi connectivity index (χ1) is 9.68. The normalized spacial score (nSPS) is 20.6. The zero-order chi connectivity index (χ0) is 14.1. The van der Waals surface area contributed by atoms with Gasteiger partial charge in [-0.1, -0.05) is 12.8 Å². The van der Waals surface area contributed by atoms with Crippen LogP contribution < -0.4 is 4.90 Å². The molecule has 2 saturated heterocycles. The predicted molar refractivity (Wildman–Crippen MR) is 83.6 cm³/mol. The number of halogens is 1. The molecule has 0 atom stereocenters. The van der Waals surface area contributed by atoms with Crippen LogP contribution in [0, 0.1) is 10.1 Å². The molecule has 1 aromatic heterocycles. The highest BCUT2D eigenvalue weighted by atomic mass is 79.9. The molecule has 6 nitrogen and oxygen atoms in total. The maximum absolute atomic E-state index is 11.4. The second kappa shape index (κ2) is 5.93. The Kier molecular flexibility index (Phi) is 4.21. The van der Waals surface area contributed by atoms with E-state index < -0.39 is 0 Å². The van der Waals surface area contributed by atoms with Gasteiger partial charge in [0.15, 0.2) is 0 Å². The summed E-state index contributed by atoms with van der Waals surface area (Å²) < 4.78 is 2.24. The van der Waals surface area contributed by atoms with Crippen LogP contribution in [-0.2, 0) is 0 Å². The van der Waals surface area contributed by atoms with Crippen LogP contribution in [0.15, 0.2) is 4.60 Å². The summed E-state index contributed by atoms with van der Waals surface area (Å²) in [6, 6.07) is 0.295. The van der Waals surface area contributed by atoms with Crippen LogP contribution in [0.2, 0.25) is 0 Å². The molecule has 3 rings (SSSR count). The minimum atomic E-state index is -0.306. The third-order valence-corrected chi connectivity index (χ3v) is 5.65. The Morgan fingerprint density at radius 1 is 1.25 bits per heavy atom. The Hall–Kier alpha value is -0.760. The van der Waals surface area contributed by atoms with Crippen LogP contribution >= 0.6 is 27.7 Å². The fraction of sp³-hybridized carbons (Fsp3) is 0.750. The van der Waals surface area contributed by atoms with Gasteiger partial charge in [0.25, 0.3) is 0 Å². The van der Waals surface area contributed by atoms with Crippen LogP contribution in [0.1, 0.15) is 31.7 Å². The van der Waals surface area contributed by atoms with Crippen LogP contribution in [0.4, 0.5) is 11.5 Å². The van der Waals surface area contributed by atoms with Crippen molar-refractivity contribution in [3.8, 4) is 0 Å². The molecule has 20 heavy (non-hydrogen) atoms. The SMILES string of the molecule is O=[N+]([O-])c1c(Br)nn(C2CSC2)c1N1CCCCCC1. The first-order valence-electron chi connectivity index (χ1n) is 6.93. The minimum Gasteiger partial charge on any atom is -0.351 e.